The number of carbonyl (C=O) groups excluding carboxylic acids is 2. The number of thiazole rings is 1. The molecule has 122 valence electrons. The molecule has 0 aliphatic heterocycles. The van der Waals surface area contributed by atoms with Crippen LogP contribution >= 0.6 is 11.3 Å². The molecule has 23 heavy (non-hydrogen) atoms. The molecule has 0 fully saturated rings. The molecule has 0 spiro atoms. The van der Waals surface area contributed by atoms with Crippen LogP contribution in [0.4, 0.5) is 0 Å². The minimum absolute atomic E-state index is 0.0501. The van der Waals surface area contributed by atoms with Crippen molar-refractivity contribution in [1.82, 2.24) is 9.88 Å². The first-order chi connectivity index (χ1) is 10.9. The smallest absolute Gasteiger partial charge is 0.271 e. The van der Waals surface area contributed by atoms with E-state index in [0.717, 1.165) is 5.56 Å². The van der Waals surface area contributed by atoms with Crippen molar-refractivity contribution in [2.45, 2.75) is 26.8 Å². The van der Waals surface area contributed by atoms with Crippen LogP contribution < -0.4 is 10.1 Å². The largest absolute Gasteiger partial charge is 0.340 e. The van der Waals surface area contributed by atoms with Gasteiger partial charge < -0.3 is 9.88 Å². The zero-order chi connectivity index (χ0) is 17.0. The highest BCUT2D eigenvalue weighted by molar-refractivity contribution is 7.07. The van der Waals surface area contributed by atoms with E-state index in [2.05, 4.69) is 10.3 Å². The fraction of sp³-hybridized carbons (Fsp3) is 0.353. The molecule has 1 aromatic carbocycles. The van der Waals surface area contributed by atoms with Crippen molar-refractivity contribution in [2.75, 3.05) is 0 Å². The number of nitrogens with one attached hydrogen (secondary N) is 1. The molecular formula is C17H21N3O2S. The quantitative estimate of drug-likeness (QED) is 0.934. The lowest BCUT2D eigenvalue weighted by Crippen LogP contribution is -2.44. The van der Waals surface area contributed by atoms with Crippen molar-refractivity contribution in [2.24, 2.45) is 18.0 Å². The predicted octanol–water partition coefficient (Wildman–Crippen LogP) is 2.28. The van der Waals surface area contributed by atoms with Crippen molar-refractivity contribution >= 4 is 23.2 Å². The van der Waals surface area contributed by atoms with Gasteiger partial charge in [0.1, 0.15) is 6.04 Å². The molecule has 0 bridgehead atoms. The third kappa shape index (κ3) is 4.39. The molecule has 1 aromatic heterocycles. The van der Waals surface area contributed by atoms with Gasteiger partial charge in [-0.2, -0.15) is 4.99 Å². The number of benzene rings is 1. The van der Waals surface area contributed by atoms with Crippen LogP contribution in [0, 0.1) is 12.8 Å². The van der Waals surface area contributed by atoms with Gasteiger partial charge in [-0.25, -0.2) is 0 Å². The van der Waals surface area contributed by atoms with E-state index in [9.17, 15) is 9.59 Å². The van der Waals surface area contributed by atoms with E-state index in [0.29, 0.717) is 10.4 Å². The van der Waals surface area contributed by atoms with Crippen molar-refractivity contribution in [3.8, 4) is 0 Å². The summed E-state index contributed by atoms with van der Waals surface area (Å²) < 4.78 is 1.78. The molecule has 6 heteroatoms. The number of rotatable bonds is 4. The second kappa shape index (κ2) is 7.37. The highest BCUT2D eigenvalue weighted by atomic mass is 32.1. The van der Waals surface area contributed by atoms with Gasteiger partial charge in [0, 0.05) is 24.2 Å². The average molecular weight is 331 g/mol. The van der Waals surface area contributed by atoms with E-state index in [4.69, 9.17) is 0 Å². The Bertz CT molecular complexity index is 757. The van der Waals surface area contributed by atoms with Crippen LogP contribution in [0.5, 0.6) is 0 Å². The Labute approximate surface area is 139 Å². The van der Waals surface area contributed by atoms with Crippen LogP contribution in [0.2, 0.25) is 0 Å². The summed E-state index contributed by atoms with van der Waals surface area (Å²) in [5, 5.41) is 4.66. The maximum absolute atomic E-state index is 12.4. The average Bonchev–Trinajstić information content (AvgIpc) is 2.90. The van der Waals surface area contributed by atoms with Gasteiger partial charge >= 0.3 is 0 Å². The first kappa shape index (κ1) is 17.1. The maximum Gasteiger partial charge on any atom is 0.271 e. The summed E-state index contributed by atoms with van der Waals surface area (Å²) >= 11 is 1.39. The number of aromatic nitrogens is 1. The molecule has 0 saturated heterocycles. The SMILES string of the molecule is Cc1ccc(C(=O)N[C@@H](C(=O)N=c2sccn2C)C(C)C)cc1. The minimum atomic E-state index is -0.647. The van der Waals surface area contributed by atoms with Crippen LogP contribution in [-0.2, 0) is 11.8 Å². The summed E-state index contributed by atoms with van der Waals surface area (Å²) in [6.45, 7) is 5.74. The van der Waals surface area contributed by atoms with Gasteiger partial charge in [0.05, 0.1) is 0 Å². The molecule has 0 aliphatic carbocycles. The zero-order valence-electron chi connectivity index (χ0n) is 13.7. The second-order valence-corrected chi connectivity index (χ2v) is 6.68. The van der Waals surface area contributed by atoms with Gasteiger partial charge in [0.15, 0.2) is 4.80 Å². The number of hydrogen-bond acceptors (Lipinski definition) is 3. The second-order valence-electron chi connectivity index (χ2n) is 5.81. The third-order valence-corrected chi connectivity index (χ3v) is 4.35. The molecule has 1 atom stereocenters. The van der Waals surface area contributed by atoms with E-state index >= 15 is 0 Å². The normalized spacial score (nSPS) is 13.2. The Kier molecular flexibility index (Phi) is 5.50. The Balaban J connectivity index is 2.19. The highest BCUT2D eigenvalue weighted by Crippen LogP contribution is 2.08. The van der Waals surface area contributed by atoms with E-state index in [1.165, 1.54) is 11.3 Å². The molecule has 2 amide bonds. The van der Waals surface area contributed by atoms with Crippen molar-refractivity contribution < 1.29 is 9.59 Å². The van der Waals surface area contributed by atoms with Gasteiger partial charge in [-0.15, -0.1) is 11.3 Å². The number of carbonyl (C=O) groups is 2. The van der Waals surface area contributed by atoms with Crippen LogP contribution in [0.25, 0.3) is 0 Å². The lowest BCUT2D eigenvalue weighted by molar-refractivity contribution is -0.120. The summed E-state index contributed by atoms with van der Waals surface area (Å²) in [6.07, 6.45) is 1.84. The molecule has 5 nitrogen and oxygen atoms in total. The number of aryl methyl sites for hydroxylation is 2. The molecule has 2 rings (SSSR count). The molecule has 1 heterocycles. The first-order valence-corrected chi connectivity index (χ1v) is 8.32. The Morgan fingerprint density at radius 3 is 2.39 bits per heavy atom. The van der Waals surface area contributed by atoms with E-state index < -0.39 is 6.04 Å². The molecule has 0 saturated carbocycles. The molecular weight excluding hydrogens is 310 g/mol. The predicted molar refractivity (Wildman–Crippen MR) is 91.1 cm³/mol. The van der Waals surface area contributed by atoms with Crippen LogP contribution in [0.3, 0.4) is 0 Å². The monoisotopic (exact) mass is 331 g/mol. The molecule has 0 unspecified atom stereocenters. The van der Waals surface area contributed by atoms with Crippen LogP contribution in [0.15, 0.2) is 40.8 Å². The zero-order valence-corrected chi connectivity index (χ0v) is 14.6. The number of amides is 2. The van der Waals surface area contributed by atoms with Crippen molar-refractivity contribution in [3.63, 3.8) is 0 Å². The maximum atomic E-state index is 12.4. The number of nitrogens with zero attached hydrogens (tertiary/aromatic N) is 2. The van der Waals surface area contributed by atoms with Crippen molar-refractivity contribution in [1.29, 1.82) is 0 Å². The van der Waals surface area contributed by atoms with Gasteiger partial charge in [0.2, 0.25) is 0 Å². The van der Waals surface area contributed by atoms with Gasteiger partial charge in [0.25, 0.3) is 11.8 Å². The van der Waals surface area contributed by atoms with E-state index in [1.54, 1.807) is 16.7 Å². The van der Waals surface area contributed by atoms with Gasteiger partial charge in [-0.1, -0.05) is 31.5 Å². The van der Waals surface area contributed by atoms with Crippen molar-refractivity contribution in [3.05, 3.63) is 51.8 Å². The highest BCUT2D eigenvalue weighted by Gasteiger charge is 2.24. The molecule has 2 aromatic rings. The summed E-state index contributed by atoms with van der Waals surface area (Å²) in [4.78, 5) is 29.5. The third-order valence-electron chi connectivity index (χ3n) is 3.50. The van der Waals surface area contributed by atoms with Crippen LogP contribution in [0.1, 0.15) is 29.8 Å². The summed E-state index contributed by atoms with van der Waals surface area (Å²) in [5.74, 6) is -0.646. The van der Waals surface area contributed by atoms with E-state index in [-0.39, 0.29) is 17.7 Å². The van der Waals surface area contributed by atoms with E-state index in [1.807, 2.05) is 51.5 Å². The van der Waals surface area contributed by atoms with Gasteiger partial charge in [-0.05, 0) is 25.0 Å². The summed E-state index contributed by atoms with van der Waals surface area (Å²) in [5.41, 5.74) is 1.62. The minimum Gasteiger partial charge on any atom is -0.340 e. The Hall–Kier alpha value is -2.21. The molecule has 1 N–H and O–H groups in total. The van der Waals surface area contributed by atoms with Gasteiger partial charge in [-0.3, -0.25) is 9.59 Å². The lowest BCUT2D eigenvalue weighted by Gasteiger charge is -2.19. The molecule has 0 radical (unpaired) electrons. The molecule has 0 aliphatic rings. The summed E-state index contributed by atoms with van der Waals surface area (Å²) in [7, 11) is 1.83. The fourth-order valence-corrected chi connectivity index (χ4v) is 2.78. The number of hydrogen-bond donors (Lipinski definition) is 1. The summed E-state index contributed by atoms with van der Waals surface area (Å²) in [6, 6.07) is 6.60. The standard InChI is InChI=1S/C17H21N3O2S/c1-11(2)14(16(22)19-17-20(4)9-10-23-17)18-15(21)13-7-5-12(3)6-8-13/h5-11,14H,1-4H3,(H,18,21)/t14-/m1/s1. The first-order valence-electron chi connectivity index (χ1n) is 7.44. The lowest BCUT2D eigenvalue weighted by atomic mass is 10.0. The topological polar surface area (TPSA) is 63.5 Å². The Morgan fingerprint density at radius 1 is 1.22 bits per heavy atom. The fourth-order valence-electron chi connectivity index (χ4n) is 2.04. The van der Waals surface area contributed by atoms with Crippen LogP contribution in [-0.4, -0.2) is 22.4 Å². The Morgan fingerprint density at radius 2 is 1.87 bits per heavy atom.